The lowest BCUT2D eigenvalue weighted by atomic mass is 10.1. The van der Waals surface area contributed by atoms with Crippen molar-refractivity contribution in [2.45, 2.75) is 40.0 Å². The number of anilines is 1. The van der Waals surface area contributed by atoms with Gasteiger partial charge in [0.15, 0.2) is 0 Å². The molecule has 1 heterocycles. The number of carbonyl (C=O) groups is 1. The van der Waals surface area contributed by atoms with Gasteiger partial charge < -0.3 is 16.0 Å². The van der Waals surface area contributed by atoms with Crippen LogP contribution in [0.1, 0.15) is 49.7 Å². The van der Waals surface area contributed by atoms with E-state index in [-0.39, 0.29) is 5.91 Å². The van der Waals surface area contributed by atoms with Crippen LogP contribution >= 0.6 is 0 Å². The highest BCUT2D eigenvalue weighted by Crippen LogP contribution is 2.09. The fraction of sp³-hybridized carbons (Fsp3) is 0.625. The van der Waals surface area contributed by atoms with Gasteiger partial charge in [-0.05, 0) is 38.1 Å². The van der Waals surface area contributed by atoms with Crippen LogP contribution in [0, 0.1) is 0 Å². The Morgan fingerprint density at radius 2 is 2.00 bits per heavy atom. The van der Waals surface area contributed by atoms with E-state index in [0.29, 0.717) is 17.9 Å². The molecule has 1 aromatic rings. The summed E-state index contributed by atoms with van der Waals surface area (Å²) < 4.78 is 0. The van der Waals surface area contributed by atoms with Gasteiger partial charge in [0.25, 0.3) is 5.91 Å². The Hall–Kier alpha value is -1.62. The van der Waals surface area contributed by atoms with Crippen LogP contribution in [0.4, 0.5) is 5.82 Å². The summed E-state index contributed by atoms with van der Waals surface area (Å²) in [6, 6.07) is 3.47. The van der Waals surface area contributed by atoms with Gasteiger partial charge in [0.2, 0.25) is 0 Å². The number of hydrogen-bond acceptors (Lipinski definition) is 4. The van der Waals surface area contributed by atoms with Gasteiger partial charge in [0.05, 0.1) is 0 Å². The third-order valence-corrected chi connectivity index (χ3v) is 3.37. The maximum absolute atomic E-state index is 12.2. The molecule has 0 spiro atoms. The van der Waals surface area contributed by atoms with Crippen molar-refractivity contribution < 1.29 is 4.79 Å². The number of nitrogens with zero attached hydrogens (tertiary/aromatic N) is 2. The second-order valence-electron chi connectivity index (χ2n) is 5.21. The van der Waals surface area contributed by atoms with Crippen molar-refractivity contribution in [2.75, 3.05) is 31.9 Å². The minimum atomic E-state index is -0.0750. The lowest BCUT2D eigenvalue weighted by Gasteiger charge is -2.19. The zero-order valence-electron chi connectivity index (χ0n) is 13.5. The van der Waals surface area contributed by atoms with Crippen molar-refractivity contribution in [1.82, 2.24) is 15.2 Å². The van der Waals surface area contributed by atoms with Gasteiger partial charge >= 0.3 is 0 Å². The van der Waals surface area contributed by atoms with E-state index in [1.165, 1.54) is 0 Å². The standard InChI is InChI=1S/C16H28N4O/c1-4-7-14-11-13(12-15(17)19-14)16(21)18-8-10-20(6-3)9-5-2/h11-12H,4-10H2,1-3H3,(H2,17,19)(H,18,21). The van der Waals surface area contributed by atoms with Gasteiger partial charge in [0.1, 0.15) is 5.82 Å². The van der Waals surface area contributed by atoms with Crippen molar-refractivity contribution in [3.8, 4) is 0 Å². The summed E-state index contributed by atoms with van der Waals surface area (Å²) in [5.74, 6) is 0.335. The van der Waals surface area contributed by atoms with Crippen molar-refractivity contribution >= 4 is 11.7 Å². The Labute approximate surface area is 127 Å². The molecule has 0 aliphatic heterocycles. The Balaban J connectivity index is 2.55. The lowest BCUT2D eigenvalue weighted by Crippen LogP contribution is -2.35. The number of amides is 1. The van der Waals surface area contributed by atoms with E-state index in [0.717, 1.165) is 44.6 Å². The Kier molecular flexibility index (Phi) is 7.75. The number of nitrogens with one attached hydrogen (secondary N) is 1. The van der Waals surface area contributed by atoms with Gasteiger partial charge in [-0.1, -0.05) is 27.2 Å². The normalized spacial score (nSPS) is 10.9. The molecule has 0 bridgehead atoms. The summed E-state index contributed by atoms with van der Waals surface area (Å²) in [5, 5.41) is 2.95. The molecule has 0 unspecified atom stereocenters. The molecule has 0 radical (unpaired) electrons. The van der Waals surface area contributed by atoms with E-state index in [9.17, 15) is 4.79 Å². The quantitative estimate of drug-likeness (QED) is 0.731. The maximum Gasteiger partial charge on any atom is 0.251 e. The van der Waals surface area contributed by atoms with Crippen molar-refractivity contribution in [3.63, 3.8) is 0 Å². The summed E-state index contributed by atoms with van der Waals surface area (Å²) in [6.45, 7) is 9.98. The number of aryl methyl sites for hydroxylation is 1. The molecule has 5 heteroatoms. The van der Waals surface area contributed by atoms with Crippen LogP contribution in [0.15, 0.2) is 12.1 Å². The largest absolute Gasteiger partial charge is 0.384 e. The molecular formula is C16H28N4O. The molecule has 21 heavy (non-hydrogen) atoms. The van der Waals surface area contributed by atoms with E-state index in [4.69, 9.17) is 5.73 Å². The molecule has 118 valence electrons. The minimum absolute atomic E-state index is 0.0750. The molecule has 0 aliphatic carbocycles. The number of pyridine rings is 1. The Morgan fingerprint density at radius 1 is 1.24 bits per heavy atom. The number of nitrogens with two attached hydrogens (primary N) is 1. The first-order chi connectivity index (χ1) is 10.1. The van der Waals surface area contributed by atoms with E-state index in [1.54, 1.807) is 6.07 Å². The second-order valence-corrected chi connectivity index (χ2v) is 5.21. The molecule has 0 atom stereocenters. The Morgan fingerprint density at radius 3 is 2.62 bits per heavy atom. The Bertz CT molecular complexity index is 448. The molecule has 1 aromatic heterocycles. The first-order valence-electron chi connectivity index (χ1n) is 7.87. The molecule has 3 N–H and O–H groups in total. The number of carbonyl (C=O) groups excluding carboxylic acids is 1. The van der Waals surface area contributed by atoms with Crippen LogP contribution in [0.2, 0.25) is 0 Å². The molecule has 0 saturated heterocycles. The molecule has 0 aromatic carbocycles. The number of hydrogen-bond donors (Lipinski definition) is 2. The molecule has 5 nitrogen and oxygen atoms in total. The first kappa shape index (κ1) is 17.4. The van der Waals surface area contributed by atoms with Crippen LogP contribution in [0.3, 0.4) is 0 Å². The average Bonchev–Trinajstić information content (AvgIpc) is 2.46. The third kappa shape index (κ3) is 6.12. The van der Waals surface area contributed by atoms with Gasteiger partial charge in [-0.2, -0.15) is 0 Å². The van der Waals surface area contributed by atoms with Crippen molar-refractivity contribution in [3.05, 3.63) is 23.4 Å². The van der Waals surface area contributed by atoms with Gasteiger partial charge in [0, 0.05) is 24.3 Å². The summed E-state index contributed by atoms with van der Waals surface area (Å²) >= 11 is 0. The van der Waals surface area contributed by atoms with Gasteiger partial charge in [-0.25, -0.2) is 4.98 Å². The summed E-state index contributed by atoms with van der Waals surface area (Å²) in [4.78, 5) is 18.7. The van der Waals surface area contributed by atoms with Crippen LogP contribution < -0.4 is 11.1 Å². The highest BCUT2D eigenvalue weighted by atomic mass is 16.1. The van der Waals surface area contributed by atoms with Crippen LogP contribution in [0.5, 0.6) is 0 Å². The summed E-state index contributed by atoms with van der Waals surface area (Å²) in [5.41, 5.74) is 7.25. The first-order valence-corrected chi connectivity index (χ1v) is 7.87. The predicted octanol–water partition coefficient (Wildman–Crippen LogP) is 2.08. The molecule has 0 fully saturated rings. The summed E-state index contributed by atoms with van der Waals surface area (Å²) in [7, 11) is 0. The highest BCUT2D eigenvalue weighted by molar-refractivity contribution is 5.94. The number of likely N-dealkylation sites (N-methyl/N-ethyl adjacent to an activating group) is 1. The van der Waals surface area contributed by atoms with Crippen LogP contribution in [0.25, 0.3) is 0 Å². The van der Waals surface area contributed by atoms with E-state index < -0.39 is 0 Å². The third-order valence-electron chi connectivity index (χ3n) is 3.37. The molecule has 0 aliphatic rings. The van der Waals surface area contributed by atoms with Gasteiger partial charge in [-0.15, -0.1) is 0 Å². The smallest absolute Gasteiger partial charge is 0.251 e. The average molecular weight is 292 g/mol. The van der Waals surface area contributed by atoms with Crippen molar-refractivity contribution in [2.24, 2.45) is 0 Å². The topological polar surface area (TPSA) is 71.2 Å². The zero-order valence-corrected chi connectivity index (χ0v) is 13.5. The minimum Gasteiger partial charge on any atom is -0.384 e. The molecule has 1 amide bonds. The van der Waals surface area contributed by atoms with Crippen LogP contribution in [-0.4, -0.2) is 42.0 Å². The molecule has 0 saturated carbocycles. The number of nitrogen functional groups attached to an aromatic ring is 1. The number of rotatable bonds is 9. The van der Waals surface area contributed by atoms with Crippen LogP contribution in [-0.2, 0) is 6.42 Å². The van der Waals surface area contributed by atoms with Gasteiger partial charge in [-0.3, -0.25) is 4.79 Å². The molecular weight excluding hydrogens is 264 g/mol. The predicted molar refractivity (Wildman–Crippen MR) is 87.4 cm³/mol. The summed E-state index contributed by atoms with van der Waals surface area (Å²) in [6.07, 6.45) is 2.95. The lowest BCUT2D eigenvalue weighted by molar-refractivity contribution is 0.0948. The molecule has 1 rings (SSSR count). The van der Waals surface area contributed by atoms with Crippen molar-refractivity contribution in [1.29, 1.82) is 0 Å². The SMILES string of the molecule is CCCc1cc(C(=O)NCCN(CC)CCC)cc(N)n1. The fourth-order valence-electron chi connectivity index (χ4n) is 2.30. The zero-order chi connectivity index (χ0) is 15.7. The maximum atomic E-state index is 12.2. The fourth-order valence-corrected chi connectivity index (χ4v) is 2.30. The highest BCUT2D eigenvalue weighted by Gasteiger charge is 2.09. The van der Waals surface area contributed by atoms with E-state index in [2.05, 4.69) is 36.0 Å². The second kappa shape index (κ2) is 9.34. The van der Waals surface area contributed by atoms with E-state index in [1.807, 2.05) is 6.07 Å². The van der Waals surface area contributed by atoms with E-state index >= 15 is 0 Å². The monoisotopic (exact) mass is 292 g/mol. The number of aromatic nitrogens is 1.